The molecule has 9 heteroatoms. The van der Waals surface area contributed by atoms with E-state index in [0.29, 0.717) is 29.2 Å². The SMILES string of the molecule is CC(C)(C)OC(=O)NCc1ccc(-c2nc3cc(NS(C)(=O)=O)ccc3o2)cc1. The molecule has 2 N–H and O–H groups in total. The minimum Gasteiger partial charge on any atom is -0.444 e. The van der Waals surface area contributed by atoms with Gasteiger partial charge in [-0.3, -0.25) is 4.72 Å². The maximum Gasteiger partial charge on any atom is 0.407 e. The lowest BCUT2D eigenvalue weighted by molar-refractivity contribution is 0.0523. The molecule has 3 aromatic rings. The summed E-state index contributed by atoms with van der Waals surface area (Å²) in [7, 11) is -3.37. The molecule has 1 aromatic heterocycles. The maximum atomic E-state index is 11.7. The summed E-state index contributed by atoms with van der Waals surface area (Å²) in [5.41, 5.74) is 2.63. The van der Waals surface area contributed by atoms with Gasteiger partial charge in [0.1, 0.15) is 11.1 Å². The Morgan fingerprint density at radius 1 is 1.14 bits per heavy atom. The van der Waals surface area contributed by atoms with Gasteiger partial charge in [-0.2, -0.15) is 0 Å². The molecule has 29 heavy (non-hydrogen) atoms. The first-order valence-electron chi connectivity index (χ1n) is 8.93. The third-order valence-electron chi connectivity index (χ3n) is 3.73. The summed E-state index contributed by atoms with van der Waals surface area (Å²) in [6, 6.07) is 12.3. The first kappa shape index (κ1) is 20.7. The van der Waals surface area contributed by atoms with E-state index in [1.54, 1.807) is 18.2 Å². The number of nitrogens with zero attached hydrogens (tertiary/aromatic N) is 1. The van der Waals surface area contributed by atoms with Gasteiger partial charge in [-0.15, -0.1) is 0 Å². The lowest BCUT2D eigenvalue weighted by Crippen LogP contribution is -2.32. The molecule has 0 aliphatic carbocycles. The van der Waals surface area contributed by atoms with E-state index in [0.717, 1.165) is 17.4 Å². The van der Waals surface area contributed by atoms with Crippen molar-refractivity contribution in [2.24, 2.45) is 0 Å². The molecule has 0 saturated heterocycles. The van der Waals surface area contributed by atoms with E-state index in [1.807, 2.05) is 45.0 Å². The Labute approximate surface area is 169 Å². The van der Waals surface area contributed by atoms with Crippen molar-refractivity contribution in [2.45, 2.75) is 32.9 Å². The van der Waals surface area contributed by atoms with Crippen LogP contribution in [0.5, 0.6) is 0 Å². The first-order chi connectivity index (χ1) is 13.5. The van der Waals surface area contributed by atoms with Crippen molar-refractivity contribution in [3.63, 3.8) is 0 Å². The Bertz CT molecular complexity index is 1130. The molecule has 0 radical (unpaired) electrons. The summed E-state index contributed by atoms with van der Waals surface area (Å²) < 4.78 is 36.1. The molecule has 154 valence electrons. The van der Waals surface area contributed by atoms with Crippen LogP contribution < -0.4 is 10.0 Å². The van der Waals surface area contributed by atoms with E-state index >= 15 is 0 Å². The lowest BCUT2D eigenvalue weighted by Gasteiger charge is -2.19. The van der Waals surface area contributed by atoms with Gasteiger partial charge in [-0.25, -0.2) is 18.2 Å². The van der Waals surface area contributed by atoms with Crippen LogP contribution in [0.25, 0.3) is 22.6 Å². The predicted molar refractivity (Wildman–Crippen MR) is 111 cm³/mol. The molecule has 8 nitrogen and oxygen atoms in total. The highest BCUT2D eigenvalue weighted by Crippen LogP contribution is 2.26. The minimum absolute atomic E-state index is 0.337. The van der Waals surface area contributed by atoms with Crippen molar-refractivity contribution in [3.8, 4) is 11.5 Å². The van der Waals surface area contributed by atoms with E-state index < -0.39 is 21.7 Å². The third kappa shape index (κ3) is 5.95. The molecule has 1 heterocycles. The van der Waals surface area contributed by atoms with E-state index in [9.17, 15) is 13.2 Å². The molecular formula is C20H23N3O5S. The van der Waals surface area contributed by atoms with Crippen LogP contribution in [-0.2, 0) is 21.3 Å². The quantitative estimate of drug-likeness (QED) is 0.652. The molecule has 0 atom stereocenters. The van der Waals surface area contributed by atoms with Crippen LogP contribution in [0.3, 0.4) is 0 Å². The molecule has 3 rings (SSSR count). The van der Waals surface area contributed by atoms with Crippen LogP contribution in [0.2, 0.25) is 0 Å². The fraction of sp³-hybridized carbons (Fsp3) is 0.300. The Balaban J connectivity index is 1.71. The Hall–Kier alpha value is -3.07. The number of amides is 1. The molecule has 0 aliphatic rings. The molecule has 0 fully saturated rings. The smallest absolute Gasteiger partial charge is 0.407 e. The van der Waals surface area contributed by atoms with Gasteiger partial charge in [0, 0.05) is 12.1 Å². The Kier molecular flexibility index (Phi) is 5.52. The van der Waals surface area contributed by atoms with Gasteiger partial charge in [0.05, 0.1) is 11.9 Å². The van der Waals surface area contributed by atoms with E-state index in [4.69, 9.17) is 9.15 Å². The third-order valence-corrected chi connectivity index (χ3v) is 4.33. The van der Waals surface area contributed by atoms with Gasteiger partial charge in [-0.05, 0) is 56.7 Å². The summed E-state index contributed by atoms with van der Waals surface area (Å²) in [4.78, 5) is 16.2. The number of benzene rings is 2. The van der Waals surface area contributed by atoms with Gasteiger partial charge >= 0.3 is 6.09 Å². The van der Waals surface area contributed by atoms with Gasteiger partial charge in [0.2, 0.25) is 15.9 Å². The van der Waals surface area contributed by atoms with Gasteiger partial charge in [0.15, 0.2) is 5.58 Å². The molecule has 1 amide bonds. The monoisotopic (exact) mass is 417 g/mol. The Morgan fingerprint density at radius 3 is 2.45 bits per heavy atom. The first-order valence-corrected chi connectivity index (χ1v) is 10.8. The number of rotatable bonds is 5. The number of aromatic nitrogens is 1. The fourth-order valence-electron chi connectivity index (χ4n) is 2.58. The van der Waals surface area contributed by atoms with Crippen molar-refractivity contribution in [1.29, 1.82) is 0 Å². The van der Waals surface area contributed by atoms with Crippen molar-refractivity contribution >= 4 is 32.9 Å². The van der Waals surface area contributed by atoms with E-state index in [2.05, 4.69) is 15.0 Å². The second-order valence-electron chi connectivity index (χ2n) is 7.63. The molecule has 2 aromatic carbocycles. The fourth-order valence-corrected chi connectivity index (χ4v) is 3.14. The van der Waals surface area contributed by atoms with Crippen molar-refractivity contribution in [2.75, 3.05) is 11.0 Å². The zero-order valence-corrected chi connectivity index (χ0v) is 17.5. The lowest BCUT2D eigenvalue weighted by atomic mass is 10.1. The number of carbonyl (C=O) groups excluding carboxylic acids is 1. The normalized spacial score (nSPS) is 12.0. The van der Waals surface area contributed by atoms with Gasteiger partial charge in [-0.1, -0.05) is 12.1 Å². The molecule has 0 aliphatic heterocycles. The summed E-state index contributed by atoms with van der Waals surface area (Å²) in [6.07, 6.45) is 0.615. The van der Waals surface area contributed by atoms with Crippen molar-refractivity contribution in [1.82, 2.24) is 10.3 Å². The Morgan fingerprint density at radius 2 is 1.83 bits per heavy atom. The highest BCUT2D eigenvalue weighted by Gasteiger charge is 2.16. The largest absolute Gasteiger partial charge is 0.444 e. The average molecular weight is 417 g/mol. The highest BCUT2D eigenvalue weighted by molar-refractivity contribution is 7.92. The summed E-state index contributed by atoms with van der Waals surface area (Å²) in [6.45, 7) is 5.76. The molecule has 0 spiro atoms. The number of nitrogens with one attached hydrogen (secondary N) is 2. The van der Waals surface area contributed by atoms with Gasteiger partial charge in [0.25, 0.3) is 0 Å². The average Bonchev–Trinajstić information content (AvgIpc) is 3.01. The van der Waals surface area contributed by atoms with Gasteiger partial charge < -0.3 is 14.5 Å². The standard InChI is InChI=1S/C20H23N3O5S/c1-20(2,3)28-19(24)21-12-13-5-7-14(8-6-13)18-22-16-11-15(23-29(4,25)26)9-10-17(16)27-18/h5-11,23H,12H2,1-4H3,(H,21,24). The van der Waals surface area contributed by atoms with Crippen LogP contribution in [0.1, 0.15) is 26.3 Å². The molecule has 0 saturated carbocycles. The van der Waals surface area contributed by atoms with Crippen LogP contribution in [0.4, 0.5) is 10.5 Å². The number of carbonyl (C=O) groups is 1. The second-order valence-corrected chi connectivity index (χ2v) is 9.38. The number of sulfonamides is 1. The van der Waals surface area contributed by atoms with E-state index in [-0.39, 0.29) is 0 Å². The minimum atomic E-state index is -3.37. The summed E-state index contributed by atoms with van der Waals surface area (Å²) in [5.74, 6) is 0.420. The number of ether oxygens (including phenoxy) is 1. The van der Waals surface area contributed by atoms with Crippen molar-refractivity contribution in [3.05, 3.63) is 48.0 Å². The molecular weight excluding hydrogens is 394 g/mol. The summed E-state index contributed by atoms with van der Waals surface area (Å²) >= 11 is 0. The number of anilines is 1. The maximum absolute atomic E-state index is 11.7. The zero-order chi connectivity index (χ0) is 21.2. The number of fused-ring (bicyclic) bond motifs is 1. The van der Waals surface area contributed by atoms with Crippen LogP contribution in [0, 0.1) is 0 Å². The zero-order valence-electron chi connectivity index (χ0n) is 16.6. The summed E-state index contributed by atoms with van der Waals surface area (Å²) in [5, 5.41) is 2.70. The highest BCUT2D eigenvalue weighted by atomic mass is 32.2. The van der Waals surface area contributed by atoms with Crippen LogP contribution in [-0.4, -0.2) is 31.4 Å². The number of hydrogen-bond donors (Lipinski definition) is 2. The molecule has 0 bridgehead atoms. The topological polar surface area (TPSA) is 111 Å². The second kappa shape index (κ2) is 7.75. The predicted octanol–water partition coefficient (Wildman–Crippen LogP) is 3.89. The number of alkyl carbamates (subject to hydrolysis) is 1. The van der Waals surface area contributed by atoms with Crippen LogP contribution >= 0.6 is 0 Å². The van der Waals surface area contributed by atoms with Crippen LogP contribution in [0.15, 0.2) is 46.9 Å². The number of hydrogen-bond acceptors (Lipinski definition) is 6. The number of oxazole rings is 1. The van der Waals surface area contributed by atoms with E-state index in [1.165, 1.54) is 0 Å². The van der Waals surface area contributed by atoms with Crippen molar-refractivity contribution < 1.29 is 22.4 Å². The molecule has 0 unspecified atom stereocenters.